The quantitative estimate of drug-likeness (QED) is 0.783. The molecular formula is C14H22N2O4S. The maximum atomic E-state index is 12.3. The van der Waals surface area contributed by atoms with E-state index in [2.05, 4.69) is 4.72 Å². The molecule has 0 aromatic heterocycles. The third kappa shape index (κ3) is 4.16. The van der Waals surface area contributed by atoms with Crippen molar-refractivity contribution in [1.29, 1.82) is 0 Å². The number of nitrogens with two attached hydrogens (primary N) is 1. The molecule has 3 N–H and O–H groups in total. The summed E-state index contributed by atoms with van der Waals surface area (Å²) in [5.74, 6) is 0.641. The zero-order valence-corrected chi connectivity index (χ0v) is 13.0. The highest BCUT2D eigenvalue weighted by Crippen LogP contribution is 2.23. The molecule has 21 heavy (non-hydrogen) atoms. The lowest BCUT2D eigenvalue weighted by atomic mass is 10.2. The van der Waals surface area contributed by atoms with Gasteiger partial charge in [-0.1, -0.05) is 6.92 Å². The van der Waals surface area contributed by atoms with Crippen molar-refractivity contribution in [3.8, 4) is 5.75 Å². The molecule has 2 rings (SSSR count). The van der Waals surface area contributed by atoms with Crippen LogP contribution in [0.4, 0.5) is 0 Å². The fourth-order valence-electron chi connectivity index (χ4n) is 2.15. The van der Waals surface area contributed by atoms with E-state index in [4.69, 9.17) is 15.2 Å². The van der Waals surface area contributed by atoms with Crippen LogP contribution in [0.15, 0.2) is 23.1 Å². The van der Waals surface area contributed by atoms with Crippen molar-refractivity contribution in [3.05, 3.63) is 23.8 Å². The largest absolute Gasteiger partial charge is 0.493 e. The Morgan fingerprint density at radius 3 is 2.90 bits per heavy atom. The average molecular weight is 314 g/mol. The SMILES string of the molecule is CCCOc1ccc(S(=O)(=O)NC2CCOC2)cc1CN. The molecule has 1 fully saturated rings. The van der Waals surface area contributed by atoms with Crippen LogP contribution in [0.25, 0.3) is 0 Å². The molecule has 0 saturated carbocycles. The van der Waals surface area contributed by atoms with Crippen molar-refractivity contribution in [3.63, 3.8) is 0 Å². The molecule has 0 radical (unpaired) electrons. The van der Waals surface area contributed by atoms with E-state index in [-0.39, 0.29) is 17.5 Å². The summed E-state index contributed by atoms with van der Waals surface area (Å²) >= 11 is 0. The molecule has 0 bridgehead atoms. The smallest absolute Gasteiger partial charge is 0.240 e. The van der Waals surface area contributed by atoms with E-state index >= 15 is 0 Å². The van der Waals surface area contributed by atoms with Crippen molar-refractivity contribution < 1.29 is 17.9 Å². The Bertz CT molecular complexity index is 568. The third-order valence-corrected chi connectivity index (χ3v) is 4.79. The second-order valence-corrected chi connectivity index (χ2v) is 6.72. The molecule has 1 aliphatic heterocycles. The van der Waals surface area contributed by atoms with Gasteiger partial charge in [0.05, 0.1) is 18.1 Å². The van der Waals surface area contributed by atoms with Gasteiger partial charge in [-0.05, 0) is 31.0 Å². The van der Waals surface area contributed by atoms with Crippen molar-refractivity contribution >= 4 is 10.0 Å². The molecular weight excluding hydrogens is 292 g/mol. The predicted molar refractivity (Wildman–Crippen MR) is 79.7 cm³/mol. The first-order valence-electron chi connectivity index (χ1n) is 7.12. The molecule has 0 amide bonds. The Balaban J connectivity index is 2.18. The fourth-order valence-corrected chi connectivity index (χ4v) is 3.46. The van der Waals surface area contributed by atoms with Crippen LogP contribution in [0.3, 0.4) is 0 Å². The second-order valence-electron chi connectivity index (χ2n) is 5.00. The highest BCUT2D eigenvalue weighted by Gasteiger charge is 2.24. The number of benzene rings is 1. The Kier molecular flexibility index (Phi) is 5.58. The van der Waals surface area contributed by atoms with E-state index < -0.39 is 10.0 Å². The van der Waals surface area contributed by atoms with Gasteiger partial charge in [-0.3, -0.25) is 0 Å². The minimum atomic E-state index is -3.55. The molecule has 0 aliphatic carbocycles. The Morgan fingerprint density at radius 1 is 1.48 bits per heavy atom. The van der Waals surface area contributed by atoms with Crippen molar-refractivity contribution in [2.24, 2.45) is 5.73 Å². The van der Waals surface area contributed by atoms with Crippen LogP contribution >= 0.6 is 0 Å². The summed E-state index contributed by atoms with van der Waals surface area (Å²) in [6.45, 7) is 3.83. The number of nitrogens with one attached hydrogen (secondary N) is 1. The van der Waals surface area contributed by atoms with Crippen LogP contribution in [0.1, 0.15) is 25.3 Å². The van der Waals surface area contributed by atoms with Gasteiger partial charge < -0.3 is 15.2 Å². The molecule has 118 valence electrons. The van der Waals surface area contributed by atoms with Crippen LogP contribution in [0.5, 0.6) is 5.75 Å². The van der Waals surface area contributed by atoms with E-state index in [0.29, 0.717) is 37.6 Å². The minimum Gasteiger partial charge on any atom is -0.493 e. The zero-order chi connectivity index (χ0) is 15.3. The first-order valence-corrected chi connectivity index (χ1v) is 8.61. The fraction of sp³-hybridized carbons (Fsp3) is 0.571. The molecule has 6 nitrogen and oxygen atoms in total. The molecule has 1 atom stereocenters. The minimum absolute atomic E-state index is 0.160. The summed E-state index contributed by atoms with van der Waals surface area (Å²) in [5.41, 5.74) is 6.37. The zero-order valence-electron chi connectivity index (χ0n) is 12.2. The van der Waals surface area contributed by atoms with Crippen LogP contribution in [-0.4, -0.2) is 34.3 Å². The molecule has 1 saturated heterocycles. The summed E-state index contributed by atoms with van der Waals surface area (Å²) in [7, 11) is -3.55. The van der Waals surface area contributed by atoms with Crippen LogP contribution in [0.2, 0.25) is 0 Å². The summed E-state index contributed by atoms with van der Waals surface area (Å²) in [6, 6.07) is 4.62. The average Bonchev–Trinajstić information content (AvgIpc) is 2.97. The molecule has 0 spiro atoms. The molecule has 1 unspecified atom stereocenters. The van der Waals surface area contributed by atoms with Gasteiger partial charge in [-0.15, -0.1) is 0 Å². The molecule has 1 aromatic rings. The highest BCUT2D eigenvalue weighted by atomic mass is 32.2. The summed E-state index contributed by atoms with van der Waals surface area (Å²) < 4.78 is 38.1. The monoisotopic (exact) mass is 314 g/mol. The van der Waals surface area contributed by atoms with Gasteiger partial charge in [0, 0.05) is 24.8 Å². The van der Waals surface area contributed by atoms with Gasteiger partial charge in [0.1, 0.15) is 5.75 Å². The summed E-state index contributed by atoms with van der Waals surface area (Å²) in [4.78, 5) is 0.207. The highest BCUT2D eigenvalue weighted by molar-refractivity contribution is 7.89. The Morgan fingerprint density at radius 2 is 2.29 bits per heavy atom. The van der Waals surface area contributed by atoms with Crippen molar-refractivity contribution in [2.75, 3.05) is 19.8 Å². The first kappa shape index (κ1) is 16.2. The van der Waals surface area contributed by atoms with Crippen LogP contribution < -0.4 is 15.2 Å². The standard InChI is InChI=1S/C14H22N2O4S/c1-2-6-20-14-4-3-13(8-11(14)9-15)21(17,18)16-12-5-7-19-10-12/h3-4,8,12,16H,2,5-7,9-10,15H2,1H3. The summed E-state index contributed by atoms with van der Waals surface area (Å²) in [5, 5.41) is 0. The Hall–Kier alpha value is -1.15. The normalized spacial score (nSPS) is 18.9. The van der Waals surface area contributed by atoms with E-state index in [1.165, 1.54) is 0 Å². The molecule has 1 aromatic carbocycles. The molecule has 1 heterocycles. The molecule has 7 heteroatoms. The van der Waals surface area contributed by atoms with Gasteiger partial charge >= 0.3 is 0 Å². The maximum Gasteiger partial charge on any atom is 0.240 e. The number of hydrogen-bond acceptors (Lipinski definition) is 5. The van der Waals surface area contributed by atoms with Gasteiger partial charge in [0.15, 0.2) is 0 Å². The number of hydrogen-bond donors (Lipinski definition) is 2. The lowest BCUT2D eigenvalue weighted by Crippen LogP contribution is -2.35. The van der Waals surface area contributed by atoms with Gasteiger partial charge in [0.25, 0.3) is 0 Å². The first-order chi connectivity index (χ1) is 10.1. The summed E-state index contributed by atoms with van der Waals surface area (Å²) in [6.07, 6.45) is 1.58. The maximum absolute atomic E-state index is 12.3. The third-order valence-electron chi connectivity index (χ3n) is 3.28. The number of sulfonamides is 1. The molecule has 1 aliphatic rings. The lowest BCUT2D eigenvalue weighted by Gasteiger charge is -2.14. The van der Waals surface area contributed by atoms with Crippen molar-refractivity contribution in [1.82, 2.24) is 4.72 Å². The van der Waals surface area contributed by atoms with Crippen molar-refractivity contribution in [2.45, 2.75) is 37.2 Å². The number of ether oxygens (including phenoxy) is 2. The van der Waals surface area contributed by atoms with Crippen LogP contribution in [0, 0.1) is 0 Å². The predicted octanol–water partition coefficient (Wildman–Crippen LogP) is 1.00. The number of rotatable bonds is 7. The van der Waals surface area contributed by atoms with Gasteiger partial charge in [-0.25, -0.2) is 13.1 Å². The Labute approximate surface area is 125 Å². The topological polar surface area (TPSA) is 90.7 Å². The van der Waals surface area contributed by atoms with E-state index in [9.17, 15) is 8.42 Å². The lowest BCUT2D eigenvalue weighted by molar-refractivity contribution is 0.192. The van der Waals surface area contributed by atoms with Crippen LogP contribution in [-0.2, 0) is 21.3 Å². The van der Waals surface area contributed by atoms with E-state index in [0.717, 1.165) is 6.42 Å². The van der Waals surface area contributed by atoms with Gasteiger partial charge in [-0.2, -0.15) is 0 Å². The second kappa shape index (κ2) is 7.22. The van der Waals surface area contributed by atoms with Gasteiger partial charge in [0.2, 0.25) is 10.0 Å². The van der Waals surface area contributed by atoms with E-state index in [1.54, 1.807) is 18.2 Å². The van der Waals surface area contributed by atoms with E-state index in [1.807, 2.05) is 6.92 Å².